The molecular formula is C18H19NO2S2. The highest BCUT2D eigenvalue weighted by atomic mass is 32.2. The van der Waals surface area contributed by atoms with Crippen molar-refractivity contribution >= 4 is 35.1 Å². The van der Waals surface area contributed by atoms with Gasteiger partial charge in [0, 0.05) is 22.1 Å². The van der Waals surface area contributed by atoms with Crippen molar-refractivity contribution in [3.63, 3.8) is 0 Å². The van der Waals surface area contributed by atoms with Gasteiger partial charge in [-0.1, -0.05) is 12.1 Å². The minimum atomic E-state index is 0.000161. The van der Waals surface area contributed by atoms with E-state index in [2.05, 4.69) is 19.2 Å². The predicted molar refractivity (Wildman–Crippen MR) is 97.9 cm³/mol. The zero-order valence-electron chi connectivity index (χ0n) is 13.4. The molecule has 1 aromatic heterocycles. The fourth-order valence-corrected chi connectivity index (χ4v) is 4.82. The highest BCUT2D eigenvalue weighted by Gasteiger charge is 2.20. The second-order valence-electron chi connectivity index (χ2n) is 5.45. The molecule has 23 heavy (non-hydrogen) atoms. The van der Waals surface area contributed by atoms with Crippen LogP contribution in [0.5, 0.6) is 5.75 Å². The van der Waals surface area contributed by atoms with Crippen LogP contribution in [-0.2, 0) is 17.1 Å². The maximum Gasteiger partial charge on any atom is 0.258 e. The summed E-state index contributed by atoms with van der Waals surface area (Å²) < 4.78 is 5.14. The van der Waals surface area contributed by atoms with Gasteiger partial charge in [-0.3, -0.25) is 4.79 Å². The Kier molecular flexibility index (Phi) is 4.78. The van der Waals surface area contributed by atoms with Gasteiger partial charge < -0.3 is 10.1 Å². The lowest BCUT2D eigenvalue weighted by Gasteiger charge is -2.14. The second kappa shape index (κ2) is 6.81. The lowest BCUT2D eigenvalue weighted by atomic mass is 10.1. The van der Waals surface area contributed by atoms with Crippen molar-refractivity contribution in [2.45, 2.75) is 26.1 Å². The van der Waals surface area contributed by atoms with Crippen LogP contribution < -0.4 is 10.1 Å². The standard InChI is InChI=1S/C18H19NO2S2/c1-11-12(2)23-16-8-17(22-10-15(11)16)18(20)19-9-13-4-6-14(21-3)7-5-13/h4-8H,9-10H2,1-3H3,(H,19,20). The average molecular weight is 345 g/mol. The molecule has 1 N–H and O–H groups in total. The van der Waals surface area contributed by atoms with E-state index in [0.717, 1.165) is 22.0 Å². The Morgan fingerprint density at radius 1 is 1.26 bits per heavy atom. The van der Waals surface area contributed by atoms with Crippen LogP contribution in [0.2, 0.25) is 0 Å². The Hall–Kier alpha value is -1.72. The number of carbonyl (C=O) groups excluding carboxylic acids is 1. The van der Waals surface area contributed by atoms with Gasteiger partial charge >= 0.3 is 0 Å². The molecule has 0 aliphatic carbocycles. The summed E-state index contributed by atoms with van der Waals surface area (Å²) in [4.78, 5) is 15.7. The molecule has 0 atom stereocenters. The van der Waals surface area contributed by atoms with Gasteiger partial charge in [-0.2, -0.15) is 0 Å². The molecule has 1 aromatic carbocycles. The molecule has 120 valence electrons. The van der Waals surface area contributed by atoms with Crippen LogP contribution in [0.4, 0.5) is 0 Å². The fraction of sp³-hybridized carbons (Fsp3) is 0.278. The summed E-state index contributed by atoms with van der Waals surface area (Å²) in [5.41, 5.74) is 3.81. The number of methoxy groups -OCH3 is 1. The van der Waals surface area contributed by atoms with Crippen LogP contribution in [0.15, 0.2) is 29.2 Å². The van der Waals surface area contributed by atoms with E-state index in [1.165, 1.54) is 20.9 Å². The topological polar surface area (TPSA) is 38.3 Å². The molecule has 0 bridgehead atoms. The third-order valence-electron chi connectivity index (χ3n) is 4.01. The number of nitrogens with one attached hydrogen (secondary N) is 1. The Bertz CT molecular complexity index is 760. The van der Waals surface area contributed by atoms with Crippen molar-refractivity contribution < 1.29 is 9.53 Å². The van der Waals surface area contributed by atoms with Crippen molar-refractivity contribution in [2.75, 3.05) is 7.11 Å². The van der Waals surface area contributed by atoms with E-state index < -0.39 is 0 Å². The first-order valence-electron chi connectivity index (χ1n) is 7.43. The molecular weight excluding hydrogens is 326 g/mol. The number of aryl methyl sites for hydroxylation is 1. The van der Waals surface area contributed by atoms with Crippen LogP contribution in [0.3, 0.4) is 0 Å². The smallest absolute Gasteiger partial charge is 0.258 e. The third-order valence-corrected chi connectivity index (χ3v) is 6.26. The minimum absolute atomic E-state index is 0.000161. The van der Waals surface area contributed by atoms with Crippen molar-refractivity contribution in [3.8, 4) is 5.75 Å². The SMILES string of the molecule is COc1ccc(CNC(=O)C2=Cc3sc(C)c(C)c3CS2)cc1. The van der Waals surface area contributed by atoms with Crippen molar-refractivity contribution in [2.24, 2.45) is 0 Å². The maximum absolute atomic E-state index is 12.4. The van der Waals surface area contributed by atoms with Gasteiger partial charge in [-0.05, 0) is 48.7 Å². The molecule has 0 fully saturated rings. The van der Waals surface area contributed by atoms with E-state index in [-0.39, 0.29) is 5.91 Å². The van der Waals surface area contributed by atoms with E-state index in [0.29, 0.717) is 6.54 Å². The number of thiophene rings is 1. The number of hydrogen-bond donors (Lipinski definition) is 1. The summed E-state index contributed by atoms with van der Waals surface area (Å²) in [5, 5.41) is 2.99. The fourth-order valence-electron chi connectivity index (χ4n) is 2.45. The molecule has 3 rings (SSSR count). The minimum Gasteiger partial charge on any atom is -0.497 e. The Labute approximate surface area is 144 Å². The Morgan fingerprint density at radius 2 is 2.00 bits per heavy atom. The number of benzene rings is 1. The molecule has 0 unspecified atom stereocenters. The molecule has 2 heterocycles. The number of fused-ring (bicyclic) bond motifs is 1. The molecule has 2 aromatic rings. The summed E-state index contributed by atoms with van der Waals surface area (Å²) in [5.74, 6) is 1.70. The van der Waals surface area contributed by atoms with Gasteiger partial charge in [0.2, 0.25) is 0 Å². The summed E-state index contributed by atoms with van der Waals surface area (Å²) in [7, 11) is 1.64. The zero-order chi connectivity index (χ0) is 16.4. The first-order valence-corrected chi connectivity index (χ1v) is 9.23. The van der Waals surface area contributed by atoms with Crippen molar-refractivity contribution in [3.05, 3.63) is 55.6 Å². The van der Waals surface area contributed by atoms with Crippen molar-refractivity contribution in [1.82, 2.24) is 5.32 Å². The van der Waals surface area contributed by atoms with Crippen LogP contribution in [0.25, 0.3) is 6.08 Å². The van der Waals surface area contributed by atoms with Gasteiger partial charge in [0.15, 0.2) is 0 Å². The summed E-state index contributed by atoms with van der Waals surface area (Å²) in [6.07, 6.45) is 2.03. The third kappa shape index (κ3) is 3.46. The maximum atomic E-state index is 12.4. The number of thioether (sulfide) groups is 1. The van der Waals surface area contributed by atoms with E-state index in [1.807, 2.05) is 30.3 Å². The predicted octanol–water partition coefficient (Wildman–Crippen LogP) is 4.28. The van der Waals surface area contributed by atoms with E-state index in [9.17, 15) is 4.79 Å². The summed E-state index contributed by atoms with van der Waals surface area (Å²) in [6.45, 7) is 4.82. The van der Waals surface area contributed by atoms with Gasteiger partial charge in [0.1, 0.15) is 5.75 Å². The van der Waals surface area contributed by atoms with Crippen LogP contribution >= 0.6 is 23.1 Å². The molecule has 1 amide bonds. The molecule has 0 spiro atoms. The molecule has 0 saturated heterocycles. The van der Waals surface area contributed by atoms with E-state index in [4.69, 9.17) is 4.74 Å². The first-order chi connectivity index (χ1) is 11.1. The van der Waals surface area contributed by atoms with E-state index >= 15 is 0 Å². The Morgan fingerprint density at radius 3 is 2.70 bits per heavy atom. The number of rotatable bonds is 4. The zero-order valence-corrected chi connectivity index (χ0v) is 15.1. The highest BCUT2D eigenvalue weighted by molar-refractivity contribution is 8.03. The quantitative estimate of drug-likeness (QED) is 0.899. The number of ether oxygens (including phenoxy) is 1. The van der Waals surface area contributed by atoms with Crippen molar-refractivity contribution in [1.29, 1.82) is 0 Å². The van der Waals surface area contributed by atoms with Gasteiger partial charge in [-0.25, -0.2) is 0 Å². The largest absolute Gasteiger partial charge is 0.497 e. The molecule has 3 nitrogen and oxygen atoms in total. The van der Waals surface area contributed by atoms with Gasteiger partial charge in [-0.15, -0.1) is 23.1 Å². The average Bonchev–Trinajstić information content (AvgIpc) is 2.87. The number of amides is 1. The highest BCUT2D eigenvalue weighted by Crippen LogP contribution is 2.39. The normalized spacial score (nSPS) is 13.3. The molecule has 1 aliphatic rings. The molecule has 1 aliphatic heterocycles. The van der Waals surface area contributed by atoms with Crippen LogP contribution in [0.1, 0.15) is 26.4 Å². The lowest BCUT2D eigenvalue weighted by molar-refractivity contribution is -0.116. The first kappa shape index (κ1) is 16.1. The summed E-state index contributed by atoms with van der Waals surface area (Å²) >= 11 is 3.39. The monoisotopic (exact) mass is 345 g/mol. The number of carbonyl (C=O) groups is 1. The number of hydrogen-bond acceptors (Lipinski definition) is 4. The molecule has 0 radical (unpaired) electrons. The summed E-state index contributed by atoms with van der Waals surface area (Å²) in [6, 6.07) is 7.73. The van der Waals surface area contributed by atoms with Gasteiger partial charge in [0.05, 0.1) is 12.0 Å². The van der Waals surface area contributed by atoms with E-state index in [1.54, 1.807) is 30.2 Å². The van der Waals surface area contributed by atoms with Crippen LogP contribution in [0, 0.1) is 13.8 Å². The van der Waals surface area contributed by atoms with Gasteiger partial charge in [0.25, 0.3) is 5.91 Å². The molecule has 5 heteroatoms. The second-order valence-corrected chi connectivity index (χ2v) is 7.73. The molecule has 0 saturated carbocycles. The lowest BCUT2D eigenvalue weighted by Crippen LogP contribution is -2.24. The Balaban J connectivity index is 1.66. The van der Waals surface area contributed by atoms with Crippen LogP contribution in [-0.4, -0.2) is 13.0 Å².